The van der Waals surface area contributed by atoms with Crippen LogP contribution in [0, 0.1) is 0 Å². The molecule has 0 aliphatic carbocycles. The number of ether oxygens (including phenoxy) is 1. The zero-order chi connectivity index (χ0) is 16.9. The van der Waals surface area contributed by atoms with Gasteiger partial charge in [-0.3, -0.25) is 9.78 Å². The second kappa shape index (κ2) is 7.64. The van der Waals surface area contributed by atoms with Gasteiger partial charge in [0.2, 0.25) is 0 Å². The van der Waals surface area contributed by atoms with E-state index < -0.39 is 0 Å². The molecule has 1 aromatic heterocycles. The zero-order valence-electron chi connectivity index (χ0n) is 13.2. The van der Waals surface area contributed by atoms with Crippen molar-refractivity contribution in [3.8, 4) is 5.75 Å². The highest BCUT2D eigenvalue weighted by atomic mass is 35.5. The van der Waals surface area contributed by atoms with E-state index in [9.17, 15) is 9.90 Å². The molecule has 0 spiro atoms. The average molecular weight is 347 g/mol. The van der Waals surface area contributed by atoms with E-state index in [0.717, 1.165) is 19.4 Å². The summed E-state index contributed by atoms with van der Waals surface area (Å²) < 4.78 is 5.66. The number of halogens is 1. The number of phenolic OH excluding ortho intramolecular Hbond substituents is 1. The summed E-state index contributed by atoms with van der Waals surface area (Å²) in [6, 6.07) is 10.2. The second-order valence-corrected chi connectivity index (χ2v) is 6.25. The van der Waals surface area contributed by atoms with E-state index in [4.69, 9.17) is 16.3 Å². The van der Waals surface area contributed by atoms with Crippen LogP contribution in [-0.4, -0.2) is 40.2 Å². The lowest BCUT2D eigenvalue weighted by Gasteiger charge is -2.25. The number of amides is 1. The molecule has 3 rings (SSSR count). The number of para-hydroxylation sites is 1. The SMILES string of the molecule is O=C(c1cc(Cl)ccn1)N(Cc1ccccc1O)C[C@H]1CCCO1. The number of hydrogen-bond acceptors (Lipinski definition) is 4. The molecule has 1 saturated heterocycles. The highest BCUT2D eigenvalue weighted by molar-refractivity contribution is 6.30. The lowest BCUT2D eigenvalue weighted by molar-refractivity contribution is 0.0501. The van der Waals surface area contributed by atoms with Gasteiger partial charge < -0.3 is 14.7 Å². The Morgan fingerprint density at radius 3 is 2.92 bits per heavy atom. The third kappa shape index (κ3) is 4.04. The van der Waals surface area contributed by atoms with E-state index in [1.807, 2.05) is 6.07 Å². The largest absolute Gasteiger partial charge is 0.508 e. The summed E-state index contributed by atoms with van der Waals surface area (Å²) in [6.07, 6.45) is 3.45. The molecule has 5 nitrogen and oxygen atoms in total. The van der Waals surface area contributed by atoms with Crippen LogP contribution < -0.4 is 0 Å². The first-order valence-electron chi connectivity index (χ1n) is 7.93. The topological polar surface area (TPSA) is 62.7 Å². The molecule has 1 aliphatic heterocycles. The zero-order valence-corrected chi connectivity index (χ0v) is 13.9. The Bertz CT molecular complexity index is 717. The van der Waals surface area contributed by atoms with Gasteiger partial charge in [0.05, 0.1) is 6.10 Å². The van der Waals surface area contributed by atoms with Gasteiger partial charge in [0, 0.05) is 36.5 Å². The van der Waals surface area contributed by atoms with Crippen molar-refractivity contribution in [2.24, 2.45) is 0 Å². The number of aromatic hydroxyl groups is 1. The van der Waals surface area contributed by atoms with Gasteiger partial charge in [-0.25, -0.2) is 0 Å². The fraction of sp³-hybridized carbons (Fsp3) is 0.333. The van der Waals surface area contributed by atoms with Crippen molar-refractivity contribution in [1.82, 2.24) is 9.88 Å². The molecule has 24 heavy (non-hydrogen) atoms. The first-order valence-corrected chi connectivity index (χ1v) is 8.30. The van der Waals surface area contributed by atoms with Gasteiger partial charge >= 0.3 is 0 Å². The Kier molecular flexibility index (Phi) is 5.33. The first-order chi connectivity index (χ1) is 11.6. The van der Waals surface area contributed by atoms with Gasteiger partial charge in [-0.05, 0) is 31.0 Å². The molecule has 1 amide bonds. The predicted molar refractivity (Wildman–Crippen MR) is 91.1 cm³/mol. The summed E-state index contributed by atoms with van der Waals surface area (Å²) in [5.41, 5.74) is 0.974. The van der Waals surface area contributed by atoms with Gasteiger partial charge in [-0.1, -0.05) is 29.8 Å². The molecule has 126 valence electrons. The van der Waals surface area contributed by atoms with Crippen molar-refractivity contribution < 1.29 is 14.6 Å². The Balaban J connectivity index is 1.83. The number of carbonyl (C=O) groups excluding carboxylic acids is 1. The van der Waals surface area contributed by atoms with Gasteiger partial charge in [0.25, 0.3) is 5.91 Å². The minimum atomic E-state index is -0.226. The maximum absolute atomic E-state index is 12.9. The van der Waals surface area contributed by atoms with Crippen molar-refractivity contribution in [2.75, 3.05) is 13.2 Å². The Morgan fingerprint density at radius 2 is 2.21 bits per heavy atom. The summed E-state index contributed by atoms with van der Waals surface area (Å²) in [7, 11) is 0. The Hall–Kier alpha value is -2.11. The molecule has 1 N–H and O–H groups in total. The van der Waals surface area contributed by atoms with Crippen LogP contribution in [0.5, 0.6) is 5.75 Å². The maximum Gasteiger partial charge on any atom is 0.272 e. The van der Waals surface area contributed by atoms with Gasteiger partial charge in [-0.2, -0.15) is 0 Å². The normalized spacial score (nSPS) is 17.0. The van der Waals surface area contributed by atoms with Crippen molar-refractivity contribution in [3.05, 3.63) is 58.9 Å². The molecule has 1 aliphatic rings. The summed E-state index contributed by atoms with van der Waals surface area (Å²) in [6.45, 7) is 1.47. The van der Waals surface area contributed by atoms with Crippen LogP contribution in [0.2, 0.25) is 5.02 Å². The van der Waals surface area contributed by atoms with Crippen LogP contribution in [-0.2, 0) is 11.3 Å². The lowest BCUT2D eigenvalue weighted by Crippen LogP contribution is -2.37. The predicted octanol–water partition coefficient (Wildman–Crippen LogP) is 3.26. The van der Waals surface area contributed by atoms with E-state index >= 15 is 0 Å². The van der Waals surface area contributed by atoms with E-state index in [1.165, 1.54) is 6.20 Å². The molecule has 0 radical (unpaired) electrons. The monoisotopic (exact) mass is 346 g/mol. The van der Waals surface area contributed by atoms with E-state index in [-0.39, 0.29) is 23.5 Å². The molecule has 0 bridgehead atoms. The number of nitrogens with zero attached hydrogens (tertiary/aromatic N) is 2. The van der Waals surface area contributed by atoms with Gasteiger partial charge in [-0.15, -0.1) is 0 Å². The third-order valence-corrected chi connectivity index (χ3v) is 4.26. The quantitative estimate of drug-likeness (QED) is 0.902. The van der Waals surface area contributed by atoms with Crippen LogP contribution in [0.25, 0.3) is 0 Å². The second-order valence-electron chi connectivity index (χ2n) is 5.81. The summed E-state index contributed by atoms with van der Waals surface area (Å²) in [5.74, 6) is -0.0575. The molecular weight excluding hydrogens is 328 g/mol. The molecule has 0 unspecified atom stereocenters. The lowest BCUT2D eigenvalue weighted by atomic mass is 10.1. The van der Waals surface area contributed by atoms with E-state index in [0.29, 0.717) is 23.7 Å². The van der Waals surface area contributed by atoms with Gasteiger partial charge in [0.15, 0.2) is 0 Å². The van der Waals surface area contributed by atoms with Crippen LogP contribution >= 0.6 is 11.6 Å². The molecular formula is C18H19ClN2O3. The minimum Gasteiger partial charge on any atom is -0.508 e. The Labute approximate surface area is 145 Å². The summed E-state index contributed by atoms with van der Waals surface area (Å²) in [5, 5.41) is 10.5. The molecule has 1 fully saturated rings. The number of rotatable bonds is 5. The standard InChI is InChI=1S/C18H19ClN2O3/c19-14-7-8-20-16(10-14)18(23)21(12-15-5-3-9-24-15)11-13-4-1-2-6-17(13)22/h1-2,4,6-8,10,15,22H,3,5,9,11-12H2/t15-/m1/s1. The molecule has 1 atom stereocenters. The highest BCUT2D eigenvalue weighted by Gasteiger charge is 2.25. The van der Waals surface area contributed by atoms with Crippen LogP contribution in [0.1, 0.15) is 28.9 Å². The van der Waals surface area contributed by atoms with Crippen molar-refractivity contribution in [2.45, 2.75) is 25.5 Å². The molecule has 2 heterocycles. The van der Waals surface area contributed by atoms with Crippen LogP contribution in [0.4, 0.5) is 0 Å². The average Bonchev–Trinajstić information content (AvgIpc) is 3.08. The number of carbonyl (C=O) groups is 1. The highest BCUT2D eigenvalue weighted by Crippen LogP contribution is 2.22. The van der Waals surface area contributed by atoms with Crippen molar-refractivity contribution >= 4 is 17.5 Å². The smallest absolute Gasteiger partial charge is 0.272 e. The number of pyridine rings is 1. The minimum absolute atomic E-state index is 0.0130. The van der Waals surface area contributed by atoms with E-state index in [2.05, 4.69) is 4.98 Å². The number of phenols is 1. The van der Waals surface area contributed by atoms with Crippen molar-refractivity contribution in [3.63, 3.8) is 0 Å². The molecule has 1 aromatic carbocycles. The summed E-state index contributed by atoms with van der Waals surface area (Å²) in [4.78, 5) is 18.6. The molecule has 2 aromatic rings. The third-order valence-electron chi connectivity index (χ3n) is 4.03. The Morgan fingerprint density at radius 1 is 1.38 bits per heavy atom. The molecule has 0 saturated carbocycles. The fourth-order valence-corrected chi connectivity index (χ4v) is 2.95. The number of aromatic nitrogens is 1. The van der Waals surface area contributed by atoms with Gasteiger partial charge in [0.1, 0.15) is 11.4 Å². The van der Waals surface area contributed by atoms with Crippen LogP contribution in [0.3, 0.4) is 0 Å². The van der Waals surface area contributed by atoms with Crippen LogP contribution in [0.15, 0.2) is 42.6 Å². The van der Waals surface area contributed by atoms with E-state index in [1.54, 1.807) is 35.2 Å². The number of benzene rings is 1. The fourth-order valence-electron chi connectivity index (χ4n) is 2.79. The number of hydrogen-bond donors (Lipinski definition) is 1. The maximum atomic E-state index is 12.9. The summed E-state index contributed by atoms with van der Waals surface area (Å²) >= 11 is 5.97. The van der Waals surface area contributed by atoms with Crippen molar-refractivity contribution in [1.29, 1.82) is 0 Å². The first kappa shape index (κ1) is 16.7. The molecule has 6 heteroatoms.